The number of hydrogen-bond acceptors (Lipinski definition) is 2. The third-order valence-electron chi connectivity index (χ3n) is 3.59. The molecular weight excluding hydrogens is 329 g/mol. The largest absolute Gasteiger partial charge is 0.401 e. The second kappa shape index (κ2) is 7.88. The van der Waals surface area contributed by atoms with Gasteiger partial charge < -0.3 is 10.6 Å². The van der Waals surface area contributed by atoms with Gasteiger partial charge in [0.25, 0.3) is 0 Å². The van der Waals surface area contributed by atoms with Crippen molar-refractivity contribution in [2.75, 3.05) is 26.7 Å². The fourth-order valence-corrected chi connectivity index (χ4v) is 2.78. The zero-order valence-electron chi connectivity index (χ0n) is 12.8. The van der Waals surface area contributed by atoms with Crippen LogP contribution in [0, 0.1) is 0 Å². The maximum atomic E-state index is 12.4. The summed E-state index contributed by atoms with van der Waals surface area (Å²) in [4.78, 5) is 5.51. The first-order valence-electron chi connectivity index (χ1n) is 7.36. The second-order valence-electron chi connectivity index (χ2n) is 5.54. The summed E-state index contributed by atoms with van der Waals surface area (Å²) in [6, 6.07) is 7.41. The fraction of sp³-hybridized carbons (Fsp3) is 0.533. The standard InChI is InChI=1S/C15H20ClF3N4/c1-20-14(21-8-11-3-2-4-12(16)7-11)22-13-5-6-23(9-13)10-15(17,18)19/h2-4,7,13H,5-6,8-10H2,1H3,(H2,20,21,22). The van der Waals surface area contributed by atoms with E-state index in [2.05, 4.69) is 15.6 Å². The molecule has 0 aliphatic carbocycles. The van der Waals surface area contributed by atoms with E-state index in [9.17, 15) is 13.2 Å². The molecule has 1 heterocycles. The molecule has 2 rings (SSSR count). The average molecular weight is 349 g/mol. The van der Waals surface area contributed by atoms with Crippen molar-refractivity contribution in [3.05, 3.63) is 34.9 Å². The molecule has 128 valence electrons. The van der Waals surface area contributed by atoms with Crippen molar-refractivity contribution in [1.82, 2.24) is 15.5 Å². The van der Waals surface area contributed by atoms with Gasteiger partial charge in [-0.05, 0) is 24.1 Å². The summed E-state index contributed by atoms with van der Waals surface area (Å²) in [5.74, 6) is 0.573. The van der Waals surface area contributed by atoms with E-state index in [0.717, 1.165) is 5.56 Å². The van der Waals surface area contributed by atoms with E-state index in [0.29, 0.717) is 37.0 Å². The molecule has 8 heteroatoms. The van der Waals surface area contributed by atoms with Crippen LogP contribution in [0.2, 0.25) is 5.02 Å². The number of nitrogens with one attached hydrogen (secondary N) is 2. The Bertz CT molecular complexity index is 548. The lowest BCUT2D eigenvalue weighted by Crippen LogP contribution is -2.44. The lowest BCUT2D eigenvalue weighted by Gasteiger charge is -2.19. The second-order valence-corrected chi connectivity index (χ2v) is 5.97. The minimum absolute atomic E-state index is 0.0390. The summed E-state index contributed by atoms with van der Waals surface area (Å²) in [5, 5.41) is 6.96. The van der Waals surface area contributed by atoms with E-state index in [1.165, 1.54) is 4.90 Å². The molecule has 1 aliphatic heterocycles. The van der Waals surface area contributed by atoms with Crippen molar-refractivity contribution >= 4 is 17.6 Å². The first-order valence-corrected chi connectivity index (χ1v) is 7.74. The van der Waals surface area contributed by atoms with Gasteiger partial charge in [-0.25, -0.2) is 0 Å². The molecule has 1 fully saturated rings. The highest BCUT2D eigenvalue weighted by Gasteiger charge is 2.34. The number of benzene rings is 1. The Morgan fingerprint density at radius 2 is 2.22 bits per heavy atom. The predicted molar refractivity (Wildman–Crippen MR) is 85.7 cm³/mol. The molecule has 1 atom stereocenters. The third-order valence-corrected chi connectivity index (χ3v) is 3.82. The van der Waals surface area contributed by atoms with Gasteiger partial charge in [0, 0.05) is 37.7 Å². The molecule has 0 aromatic heterocycles. The van der Waals surface area contributed by atoms with E-state index in [-0.39, 0.29) is 6.04 Å². The molecular formula is C15H20ClF3N4. The van der Waals surface area contributed by atoms with Crippen molar-refractivity contribution < 1.29 is 13.2 Å². The SMILES string of the molecule is CN=C(NCc1cccc(Cl)c1)NC1CCN(CC(F)(F)F)C1. The number of rotatable bonds is 4. The van der Waals surface area contributed by atoms with E-state index in [1.54, 1.807) is 13.1 Å². The number of alkyl halides is 3. The Morgan fingerprint density at radius 3 is 2.87 bits per heavy atom. The first kappa shape index (κ1) is 17.9. The maximum absolute atomic E-state index is 12.4. The Balaban J connectivity index is 1.79. The highest BCUT2D eigenvalue weighted by Crippen LogP contribution is 2.19. The van der Waals surface area contributed by atoms with Gasteiger partial charge in [0.2, 0.25) is 0 Å². The summed E-state index contributed by atoms with van der Waals surface area (Å²) in [5.41, 5.74) is 1.01. The minimum atomic E-state index is -4.15. The van der Waals surface area contributed by atoms with Crippen molar-refractivity contribution in [2.45, 2.75) is 25.2 Å². The molecule has 1 aromatic carbocycles. The van der Waals surface area contributed by atoms with Gasteiger partial charge in [-0.1, -0.05) is 23.7 Å². The zero-order valence-corrected chi connectivity index (χ0v) is 13.6. The van der Waals surface area contributed by atoms with Crippen LogP contribution in [0.1, 0.15) is 12.0 Å². The molecule has 4 nitrogen and oxygen atoms in total. The van der Waals surface area contributed by atoms with Crippen LogP contribution in [0.3, 0.4) is 0 Å². The number of halogens is 4. The molecule has 23 heavy (non-hydrogen) atoms. The van der Waals surface area contributed by atoms with Gasteiger partial charge in [0.1, 0.15) is 0 Å². The van der Waals surface area contributed by atoms with Crippen LogP contribution in [0.5, 0.6) is 0 Å². The average Bonchev–Trinajstić information content (AvgIpc) is 2.88. The van der Waals surface area contributed by atoms with Crippen LogP contribution in [-0.4, -0.2) is 49.8 Å². The Hall–Kier alpha value is -1.47. The number of aliphatic imine (C=N–C) groups is 1. The van der Waals surface area contributed by atoms with Gasteiger partial charge >= 0.3 is 6.18 Å². The first-order chi connectivity index (χ1) is 10.9. The lowest BCUT2D eigenvalue weighted by molar-refractivity contribution is -0.143. The van der Waals surface area contributed by atoms with Crippen LogP contribution >= 0.6 is 11.6 Å². The van der Waals surface area contributed by atoms with Gasteiger partial charge in [0.05, 0.1) is 6.54 Å². The molecule has 1 saturated heterocycles. The predicted octanol–water partition coefficient (Wildman–Crippen LogP) is 2.64. The topological polar surface area (TPSA) is 39.7 Å². The summed E-state index contributed by atoms with van der Waals surface area (Å²) >= 11 is 5.93. The summed E-state index contributed by atoms with van der Waals surface area (Å²) in [6.07, 6.45) is -3.49. The van der Waals surface area contributed by atoms with Crippen molar-refractivity contribution in [2.24, 2.45) is 4.99 Å². The van der Waals surface area contributed by atoms with E-state index < -0.39 is 12.7 Å². The number of guanidine groups is 1. The molecule has 1 aromatic rings. The fourth-order valence-electron chi connectivity index (χ4n) is 2.57. The normalized spacial score (nSPS) is 19.9. The molecule has 1 unspecified atom stereocenters. The quantitative estimate of drug-likeness (QED) is 0.649. The molecule has 0 saturated carbocycles. The molecule has 0 radical (unpaired) electrons. The van der Waals surface area contributed by atoms with Crippen molar-refractivity contribution in [1.29, 1.82) is 0 Å². The summed E-state index contributed by atoms with van der Waals surface area (Å²) in [6.45, 7) is 0.471. The monoisotopic (exact) mass is 348 g/mol. The lowest BCUT2D eigenvalue weighted by atomic mass is 10.2. The van der Waals surface area contributed by atoms with Gasteiger partial charge in [0.15, 0.2) is 5.96 Å². The Morgan fingerprint density at radius 1 is 1.43 bits per heavy atom. The van der Waals surface area contributed by atoms with Crippen molar-refractivity contribution in [3.63, 3.8) is 0 Å². The van der Waals surface area contributed by atoms with Crippen LogP contribution in [0.4, 0.5) is 13.2 Å². The molecule has 0 spiro atoms. The van der Waals surface area contributed by atoms with Gasteiger partial charge in [-0.3, -0.25) is 9.89 Å². The Kier molecular flexibility index (Phi) is 6.12. The number of hydrogen-bond donors (Lipinski definition) is 2. The van der Waals surface area contributed by atoms with Crippen LogP contribution < -0.4 is 10.6 Å². The molecule has 2 N–H and O–H groups in total. The van der Waals surface area contributed by atoms with Crippen LogP contribution in [0.15, 0.2) is 29.3 Å². The smallest absolute Gasteiger partial charge is 0.352 e. The van der Waals surface area contributed by atoms with E-state index >= 15 is 0 Å². The number of likely N-dealkylation sites (tertiary alicyclic amines) is 1. The Labute approximate surface area is 138 Å². The van der Waals surface area contributed by atoms with Crippen LogP contribution in [-0.2, 0) is 6.54 Å². The maximum Gasteiger partial charge on any atom is 0.401 e. The summed E-state index contributed by atoms with van der Waals surface area (Å²) in [7, 11) is 1.63. The van der Waals surface area contributed by atoms with E-state index in [1.807, 2.05) is 18.2 Å². The van der Waals surface area contributed by atoms with E-state index in [4.69, 9.17) is 11.6 Å². The number of nitrogens with zero attached hydrogens (tertiary/aromatic N) is 2. The summed E-state index contributed by atoms with van der Waals surface area (Å²) < 4.78 is 37.2. The highest BCUT2D eigenvalue weighted by molar-refractivity contribution is 6.30. The van der Waals surface area contributed by atoms with Gasteiger partial charge in [-0.15, -0.1) is 0 Å². The minimum Gasteiger partial charge on any atom is -0.352 e. The van der Waals surface area contributed by atoms with Crippen molar-refractivity contribution in [3.8, 4) is 0 Å². The highest BCUT2D eigenvalue weighted by atomic mass is 35.5. The molecule has 1 aliphatic rings. The molecule has 0 bridgehead atoms. The molecule has 0 amide bonds. The zero-order chi connectivity index (χ0) is 16.9. The van der Waals surface area contributed by atoms with Gasteiger partial charge in [-0.2, -0.15) is 13.2 Å². The van der Waals surface area contributed by atoms with Crippen LogP contribution in [0.25, 0.3) is 0 Å². The third kappa shape index (κ3) is 6.27.